The fourth-order valence-corrected chi connectivity index (χ4v) is 4.32. The molecule has 1 atom stereocenters. The third-order valence-corrected chi connectivity index (χ3v) is 7.21. The van der Waals surface area contributed by atoms with Crippen molar-refractivity contribution in [3.8, 4) is 23.0 Å². The van der Waals surface area contributed by atoms with Crippen LogP contribution in [0.5, 0.6) is 23.0 Å². The number of hydrogen-bond donors (Lipinski definition) is 1. The van der Waals surface area contributed by atoms with Crippen LogP contribution in [0.2, 0.25) is 10.0 Å². The predicted octanol–water partition coefficient (Wildman–Crippen LogP) is 7.08. The summed E-state index contributed by atoms with van der Waals surface area (Å²) in [6, 6.07) is 3.15. The molecule has 0 unspecified atom stereocenters. The minimum Gasteiger partial charge on any atom is -0.495 e. The summed E-state index contributed by atoms with van der Waals surface area (Å²) in [5.41, 5.74) is 0.628. The van der Waals surface area contributed by atoms with Crippen LogP contribution in [0.3, 0.4) is 0 Å². The smallest absolute Gasteiger partial charge is 0.415 e. The highest BCUT2D eigenvalue weighted by atomic mass is 35.5. The fourth-order valence-electron chi connectivity index (χ4n) is 3.82. The van der Waals surface area contributed by atoms with Gasteiger partial charge in [0.2, 0.25) is 0 Å². The van der Waals surface area contributed by atoms with E-state index in [1.807, 2.05) is 34.6 Å². The number of ether oxygens (including phenoxy) is 4. The molecular formula is C27H33Cl2NO7. The molecule has 10 heteroatoms. The first-order valence-corrected chi connectivity index (χ1v) is 12.6. The van der Waals surface area contributed by atoms with Gasteiger partial charge in [0.1, 0.15) is 23.7 Å². The molecule has 1 heterocycles. The summed E-state index contributed by atoms with van der Waals surface area (Å²) in [7, 11) is 3.00. The number of benzene rings is 2. The minimum atomic E-state index is -0.873. The summed E-state index contributed by atoms with van der Waals surface area (Å²) < 4.78 is 23.0. The van der Waals surface area contributed by atoms with Crippen molar-refractivity contribution in [3.63, 3.8) is 0 Å². The Kier molecular flexibility index (Phi) is 8.57. The van der Waals surface area contributed by atoms with Crippen molar-refractivity contribution < 1.29 is 33.6 Å². The fraction of sp³-hybridized carbons (Fsp3) is 0.481. The zero-order valence-corrected chi connectivity index (χ0v) is 23.8. The van der Waals surface area contributed by atoms with E-state index in [2.05, 4.69) is 0 Å². The number of carbonyl (C=O) groups excluding carboxylic acids is 2. The lowest BCUT2D eigenvalue weighted by atomic mass is 9.96. The molecule has 3 rings (SSSR count). The van der Waals surface area contributed by atoms with Gasteiger partial charge in [0.05, 0.1) is 28.8 Å². The van der Waals surface area contributed by atoms with Crippen LogP contribution in [-0.4, -0.2) is 41.8 Å². The summed E-state index contributed by atoms with van der Waals surface area (Å²) in [6.45, 7) is 10.9. The zero-order chi connectivity index (χ0) is 27.8. The summed E-state index contributed by atoms with van der Waals surface area (Å²) in [5.74, 6) is -0.317. The summed E-state index contributed by atoms with van der Waals surface area (Å²) in [6.07, 6.45) is -1.08. The number of aliphatic hydroxyl groups is 1. The lowest BCUT2D eigenvalue weighted by Crippen LogP contribution is -2.44. The molecular weight excluding hydrogens is 521 g/mol. The maximum atomic E-state index is 13.1. The van der Waals surface area contributed by atoms with E-state index in [1.54, 1.807) is 20.0 Å². The number of nitrogens with zero attached hydrogens (tertiary/aromatic N) is 1. The number of rotatable bonds is 5. The molecule has 2 aromatic carbocycles. The second-order valence-corrected chi connectivity index (χ2v) is 11.1. The number of amides is 1. The van der Waals surface area contributed by atoms with Gasteiger partial charge < -0.3 is 29.0 Å². The molecule has 0 aromatic heterocycles. The maximum absolute atomic E-state index is 13.1. The molecule has 0 fully saturated rings. The maximum Gasteiger partial charge on any atom is 0.415 e. The molecule has 8 nitrogen and oxygen atoms in total. The van der Waals surface area contributed by atoms with Gasteiger partial charge in [0.25, 0.3) is 0 Å². The molecule has 1 aliphatic rings. The average molecular weight is 554 g/mol. The van der Waals surface area contributed by atoms with Gasteiger partial charge in [-0.3, -0.25) is 0 Å². The van der Waals surface area contributed by atoms with Gasteiger partial charge in [-0.05, 0) is 57.7 Å². The topological polar surface area (TPSA) is 94.5 Å². The van der Waals surface area contributed by atoms with Gasteiger partial charge in [-0.15, -0.1) is 0 Å². The van der Waals surface area contributed by atoms with Crippen LogP contribution in [0.1, 0.15) is 74.2 Å². The van der Waals surface area contributed by atoms with Gasteiger partial charge >= 0.3 is 12.1 Å². The molecule has 1 aliphatic heterocycles. The highest BCUT2D eigenvalue weighted by Crippen LogP contribution is 2.50. The van der Waals surface area contributed by atoms with Crippen molar-refractivity contribution in [1.82, 2.24) is 4.90 Å². The molecule has 0 bridgehead atoms. The van der Waals surface area contributed by atoms with E-state index in [-0.39, 0.29) is 51.1 Å². The lowest BCUT2D eigenvalue weighted by Gasteiger charge is -2.31. The van der Waals surface area contributed by atoms with Crippen molar-refractivity contribution in [2.75, 3.05) is 14.2 Å². The Bertz CT molecular complexity index is 1220. The Hall–Kier alpha value is -2.68. The van der Waals surface area contributed by atoms with Gasteiger partial charge in [0.15, 0.2) is 11.5 Å². The van der Waals surface area contributed by atoms with Crippen LogP contribution >= 0.6 is 23.2 Å². The van der Waals surface area contributed by atoms with E-state index in [0.717, 1.165) is 0 Å². The highest BCUT2D eigenvalue weighted by Gasteiger charge is 2.34. The zero-order valence-electron chi connectivity index (χ0n) is 22.3. The molecule has 1 amide bonds. The number of aliphatic hydroxyl groups excluding tert-OH is 1. The number of esters is 1. The molecule has 202 valence electrons. The molecule has 0 saturated carbocycles. The number of halogens is 2. The average Bonchev–Trinajstić information content (AvgIpc) is 2.81. The molecule has 1 N–H and O–H groups in total. The second kappa shape index (κ2) is 11.0. The van der Waals surface area contributed by atoms with E-state index >= 15 is 0 Å². The number of methoxy groups -OCH3 is 1. The molecule has 0 saturated heterocycles. The van der Waals surface area contributed by atoms with Crippen molar-refractivity contribution in [1.29, 1.82) is 0 Å². The third-order valence-electron chi connectivity index (χ3n) is 6.24. The molecule has 2 aromatic rings. The van der Waals surface area contributed by atoms with Crippen LogP contribution in [-0.2, 0) is 11.3 Å². The van der Waals surface area contributed by atoms with Crippen LogP contribution < -0.4 is 14.2 Å². The Morgan fingerprint density at radius 2 is 1.84 bits per heavy atom. The predicted molar refractivity (Wildman–Crippen MR) is 141 cm³/mol. The first kappa shape index (κ1) is 28.9. The Morgan fingerprint density at radius 3 is 2.41 bits per heavy atom. The number of carbonyl (C=O) groups is 2. The van der Waals surface area contributed by atoms with Gasteiger partial charge in [-0.25, -0.2) is 9.59 Å². The standard InChI is InChI=1S/C27H33Cl2NO7/c1-13(2)11-17(31)15-9-10-18-19(22(15)34-8)25(32)35-12-16-20(28)14(3)21(29)24(23(16)36-18)37-26(33)30(7)27(4,5)6/h9-10,13,17,31H,11-12H2,1-8H3/t17-/m0/s1. The van der Waals surface area contributed by atoms with Crippen LogP contribution in [0.4, 0.5) is 4.79 Å². The SMILES string of the molecule is COc1c([C@@H](O)CC(C)C)ccc2c1C(=O)OCc1c(Cl)c(C)c(Cl)c(OC(=O)N(C)C(C)(C)C)c1O2. The number of hydrogen-bond acceptors (Lipinski definition) is 7. The third kappa shape index (κ3) is 5.76. The molecule has 0 spiro atoms. The largest absolute Gasteiger partial charge is 0.495 e. The van der Waals surface area contributed by atoms with E-state index in [1.165, 1.54) is 18.1 Å². The van der Waals surface area contributed by atoms with Crippen molar-refractivity contribution in [2.45, 2.75) is 66.2 Å². The number of cyclic esters (lactones) is 1. The number of fused-ring (bicyclic) bond motifs is 2. The van der Waals surface area contributed by atoms with Crippen molar-refractivity contribution >= 4 is 35.3 Å². The molecule has 37 heavy (non-hydrogen) atoms. The first-order chi connectivity index (χ1) is 17.2. The van der Waals surface area contributed by atoms with Crippen molar-refractivity contribution in [2.24, 2.45) is 5.92 Å². The van der Waals surface area contributed by atoms with E-state index in [4.69, 9.17) is 42.1 Å². The van der Waals surface area contributed by atoms with Gasteiger partial charge in [0, 0.05) is 18.2 Å². The quantitative estimate of drug-likeness (QED) is 0.395. The summed E-state index contributed by atoms with van der Waals surface area (Å²) in [5, 5.41) is 11.1. The Labute approximate surface area is 227 Å². The van der Waals surface area contributed by atoms with Crippen molar-refractivity contribution in [3.05, 3.63) is 44.4 Å². The molecule has 0 radical (unpaired) electrons. The lowest BCUT2D eigenvalue weighted by molar-refractivity contribution is 0.0453. The molecule has 0 aliphatic carbocycles. The summed E-state index contributed by atoms with van der Waals surface area (Å²) in [4.78, 5) is 27.5. The van der Waals surface area contributed by atoms with Crippen LogP contribution in [0.25, 0.3) is 0 Å². The Balaban J connectivity index is 2.20. The van der Waals surface area contributed by atoms with Crippen LogP contribution in [0, 0.1) is 12.8 Å². The van der Waals surface area contributed by atoms with E-state index < -0.39 is 23.7 Å². The second-order valence-electron chi connectivity index (χ2n) is 10.4. The van der Waals surface area contributed by atoms with Crippen LogP contribution in [0.15, 0.2) is 12.1 Å². The van der Waals surface area contributed by atoms with Gasteiger partial charge in [-0.1, -0.05) is 37.0 Å². The normalized spacial score (nSPS) is 14.0. The summed E-state index contributed by atoms with van der Waals surface area (Å²) >= 11 is 13.2. The monoisotopic (exact) mass is 553 g/mol. The van der Waals surface area contributed by atoms with Gasteiger partial charge in [-0.2, -0.15) is 0 Å². The highest BCUT2D eigenvalue weighted by molar-refractivity contribution is 6.38. The Morgan fingerprint density at radius 1 is 1.19 bits per heavy atom. The van der Waals surface area contributed by atoms with E-state index in [0.29, 0.717) is 23.1 Å². The minimum absolute atomic E-state index is 0.00892. The first-order valence-electron chi connectivity index (χ1n) is 11.9. The van der Waals surface area contributed by atoms with E-state index in [9.17, 15) is 14.7 Å².